The second kappa shape index (κ2) is 5.82. The molecule has 1 heterocycles. The van der Waals surface area contributed by atoms with E-state index in [0.29, 0.717) is 10.7 Å². The van der Waals surface area contributed by atoms with E-state index in [0.717, 1.165) is 12.3 Å². The zero-order chi connectivity index (χ0) is 13.0. The topological polar surface area (TPSA) is 49.7 Å². The zero-order valence-electron chi connectivity index (χ0n) is 10.1. The normalized spacial score (nSPS) is 17.2. The summed E-state index contributed by atoms with van der Waals surface area (Å²) in [5.74, 6) is 0.694. The van der Waals surface area contributed by atoms with Gasteiger partial charge in [-0.2, -0.15) is 4.99 Å². The van der Waals surface area contributed by atoms with Crippen molar-refractivity contribution in [3.8, 4) is 0 Å². The molecule has 1 aliphatic rings. The number of thioether (sulfide) groups is 1. The lowest BCUT2D eigenvalue weighted by atomic mass is 10.1. The number of hydrogen-bond donors (Lipinski definition) is 0. The summed E-state index contributed by atoms with van der Waals surface area (Å²) in [5.41, 5.74) is 0.691. The van der Waals surface area contributed by atoms with Gasteiger partial charge in [0.05, 0.1) is 6.54 Å². The quantitative estimate of drug-likeness (QED) is 0.780. The van der Waals surface area contributed by atoms with Crippen LogP contribution in [-0.4, -0.2) is 40.6 Å². The molecule has 1 aromatic carbocycles. The summed E-state index contributed by atoms with van der Waals surface area (Å²) < 4.78 is 0. The Morgan fingerprint density at radius 2 is 2.06 bits per heavy atom. The second-order valence-electron chi connectivity index (χ2n) is 3.97. The van der Waals surface area contributed by atoms with Crippen LogP contribution in [0.5, 0.6) is 0 Å². The molecule has 0 radical (unpaired) electrons. The van der Waals surface area contributed by atoms with E-state index in [-0.39, 0.29) is 18.2 Å². The number of hydrogen-bond acceptors (Lipinski definition) is 3. The minimum Gasteiger partial charge on any atom is -0.343 e. The molecule has 1 amide bonds. The number of ketones is 1. The number of amides is 1. The third-order valence-electron chi connectivity index (χ3n) is 2.55. The van der Waals surface area contributed by atoms with Gasteiger partial charge in [0, 0.05) is 24.8 Å². The van der Waals surface area contributed by atoms with Gasteiger partial charge in [-0.1, -0.05) is 42.1 Å². The summed E-state index contributed by atoms with van der Waals surface area (Å²) in [6.45, 7) is 2.46. The molecule has 1 aliphatic heterocycles. The summed E-state index contributed by atoms with van der Waals surface area (Å²) in [6, 6.07) is 9.17. The van der Waals surface area contributed by atoms with E-state index in [2.05, 4.69) is 4.99 Å². The van der Waals surface area contributed by atoms with Crippen molar-refractivity contribution in [2.45, 2.75) is 6.92 Å². The molecule has 18 heavy (non-hydrogen) atoms. The molecule has 1 fully saturated rings. The van der Waals surface area contributed by atoms with E-state index in [1.165, 1.54) is 18.7 Å². The molecule has 2 rings (SSSR count). The van der Waals surface area contributed by atoms with E-state index in [1.54, 1.807) is 12.1 Å². The molecule has 0 spiro atoms. The number of nitrogens with zero attached hydrogens (tertiary/aromatic N) is 2. The predicted molar refractivity (Wildman–Crippen MR) is 72.9 cm³/mol. The van der Waals surface area contributed by atoms with Crippen LogP contribution in [0.4, 0.5) is 0 Å². The van der Waals surface area contributed by atoms with Crippen LogP contribution in [0, 0.1) is 0 Å². The molecular weight excluding hydrogens is 248 g/mol. The monoisotopic (exact) mass is 262 g/mol. The highest BCUT2D eigenvalue weighted by Gasteiger charge is 2.22. The summed E-state index contributed by atoms with van der Waals surface area (Å²) in [5, 5.41) is 0.659. The SMILES string of the molecule is CC(=O)N=C1SCCN1CC(=O)c1ccccc1. The number of benzene rings is 1. The van der Waals surface area contributed by atoms with E-state index in [1.807, 2.05) is 23.1 Å². The van der Waals surface area contributed by atoms with Crippen LogP contribution in [0.2, 0.25) is 0 Å². The Balaban J connectivity index is 2.05. The van der Waals surface area contributed by atoms with Crippen LogP contribution in [-0.2, 0) is 4.79 Å². The van der Waals surface area contributed by atoms with Crippen molar-refractivity contribution in [1.29, 1.82) is 0 Å². The predicted octanol–water partition coefficient (Wildman–Crippen LogP) is 1.82. The lowest BCUT2D eigenvalue weighted by Crippen LogP contribution is -2.31. The summed E-state index contributed by atoms with van der Waals surface area (Å²) in [6.07, 6.45) is 0. The Hall–Kier alpha value is -1.62. The standard InChI is InChI=1S/C13H14N2O2S/c1-10(16)14-13-15(7-8-18-13)9-12(17)11-5-3-2-4-6-11/h2-6H,7-9H2,1H3. The van der Waals surface area contributed by atoms with Crippen molar-refractivity contribution in [3.05, 3.63) is 35.9 Å². The molecule has 5 heteroatoms. The smallest absolute Gasteiger partial charge is 0.244 e. The van der Waals surface area contributed by atoms with Gasteiger partial charge < -0.3 is 4.90 Å². The van der Waals surface area contributed by atoms with E-state index >= 15 is 0 Å². The molecule has 0 aliphatic carbocycles. The van der Waals surface area contributed by atoms with Crippen LogP contribution in [0.25, 0.3) is 0 Å². The van der Waals surface area contributed by atoms with Gasteiger partial charge in [0.15, 0.2) is 11.0 Å². The number of amidine groups is 1. The highest BCUT2D eigenvalue weighted by Crippen LogP contribution is 2.18. The summed E-state index contributed by atoms with van der Waals surface area (Å²) in [7, 11) is 0. The Kier molecular flexibility index (Phi) is 4.15. The van der Waals surface area contributed by atoms with Gasteiger partial charge in [-0.15, -0.1) is 0 Å². The molecule has 0 unspecified atom stereocenters. The van der Waals surface area contributed by atoms with Gasteiger partial charge in [-0.05, 0) is 0 Å². The van der Waals surface area contributed by atoms with E-state index < -0.39 is 0 Å². The maximum Gasteiger partial charge on any atom is 0.244 e. The van der Waals surface area contributed by atoms with Gasteiger partial charge in [0.25, 0.3) is 0 Å². The Bertz CT molecular complexity index is 485. The number of Topliss-reactive ketones (excluding diaryl/α,β-unsaturated/α-hetero) is 1. The van der Waals surface area contributed by atoms with Crippen LogP contribution in [0.3, 0.4) is 0 Å². The van der Waals surface area contributed by atoms with Crippen molar-refractivity contribution in [3.63, 3.8) is 0 Å². The van der Waals surface area contributed by atoms with Gasteiger partial charge in [0.1, 0.15) is 0 Å². The Labute approximate surface area is 110 Å². The Morgan fingerprint density at radius 3 is 2.72 bits per heavy atom. The maximum atomic E-state index is 12.0. The minimum absolute atomic E-state index is 0.0503. The third-order valence-corrected chi connectivity index (χ3v) is 3.54. The van der Waals surface area contributed by atoms with Gasteiger partial charge in [-0.25, -0.2) is 0 Å². The number of rotatable bonds is 3. The third kappa shape index (κ3) is 3.20. The fourth-order valence-electron chi connectivity index (χ4n) is 1.71. The average molecular weight is 262 g/mol. The van der Waals surface area contributed by atoms with Crippen molar-refractivity contribution >= 4 is 28.6 Å². The number of carbonyl (C=O) groups excluding carboxylic acids is 2. The Morgan fingerprint density at radius 1 is 1.33 bits per heavy atom. The first-order valence-corrected chi connectivity index (χ1v) is 6.70. The molecule has 1 aromatic rings. The van der Waals surface area contributed by atoms with Crippen molar-refractivity contribution in [2.24, 2.45) is 4.99 Å². The van der Waals surface area contributed by atoms with Gasteiger partial charge in [0.2, 0.25) is 5.91 Å². The summed E-state index contributed by atoms with van der Waals surface area (Å²) in [4.78, 5) is 28.8. The van der Waals surface area contributed by atoms with Crippen LogP contribution in [0.1, 0.15) is 17.3 Å². The van der Waals surface area contributed by atoms with Crippen molar-refractivity contribution in [1.82, 2.24) is 4.90 Å². The lowest BCUT2D eigenvalue weighted by molar-refractivity contribution is -0.115. The average Bonchev–Trinajstić information content (AvgIpc) is 2.77. The molecule has 0 bridgehead atoms. The van der Waals surface area contributed by atoms with Crippen LogP contribution in [0.15, 0.2) is 35.3 Å². The molecular formula is C13H14N2O2S. The molecule has 0 atom stereocenters. The molecule has 94 valence electrons. The maximum absolute atomic E-state index is 12.0. The van der Waals surface area contributed by atoms with Crippen molar-refractivity contribution < 1.29 is 9.59 Å². The molecule has 0 saturated carbocycles. The van der Waals surface area contributed by atoms with Gasteiger partial charge in [-0.3, -0.25) is 9.59 Å². The first-order valence-electron chi connectivity index (χ1n) is 5.72. The largest absolute Gasteiger partial charge is 0.343 e. The number of aliphatic imine (C=N–C) groups is 1. The van der Waals surface area contributed by atoms with E-state index in [9.17, 15) is 9.59 Å². The molecule has 0 N–H and O–H groups in total. The molecule has 1 saturated heterocycles. The highest BCUT2D eigenvalue weighted by molar-refractivity contribution is 8.14. The lowest BCUT2D eigenvalue weighted by Gasteiger charge is -2.16. The van der Waals surface area contributed by atoms with Crippen LogP contribution < -0.4 is 0 Å². The highest BCUT2D eigenvalue weighted by atomic mass is 32.2. The molecule has 4 nitrogen and oxygen atoms in total. The summed E-state index contributed by atoms with van der Waals surface area (Å²) >= 11 is 1.52. The zero-order valence-corrected chi connectivity index (χ0v) is 10.9. The fourth-order valence-corrected chi connectivity index (χ4v) is 2.73. The first-order chi connectivity index (χ1) is 8.66. The van der Waals surface area contributed by atoms with Crippen molar-refractivity contribution in [2.75, 3.05) is 18.8 Å². The number of carbonyl (C=O) groups is 2. The van der Waals surface area contributed by atoms with E-state index in [4.69, 9.17) is 0 Å². The van der Waals surface area contributed by atoms with Gasteiger partial charge >= 0.3 is 0 Å². The van der Waals surface area contributed by atoms with Crippen LogP contribution >= 0.6 is 11.8 Å². The molecule has 0 aromatic heterocycles. The minimum atomic E-state index is -0.225. The first kappa shape index (κ1) is 12.8. The fraction of sp³-hybridized carbons (Fsp3) is 0.308. The second-order valence-corrected chi connectivity index (χ2v) is 5.03.